The highest BCUT2D eigenvalue weighted by molar-refractivity contribution is 5.89. The number of hydrogen-bond acceptors (Lipinski definition) is 4. The first-order valence-electron chi connectivity index (χ1n) is 12.5. The SMILES string of the molecule is c1ccc(-c2ccc3ccc(-c4ccc5ccc(-c6cccc(-c7cccnc7)c6)cc5n4)cc3n2)nc1. The summed E-state index contributed by atoms with van der Waals surface area (Å²) in [4.78, 5) is 18.6. The van der Waals surface area contributed by atoms with E-state index in [-0.39, 0.29) is 0 Å². The molecule has 0 aliphatic rings. The van der Waals surface area contributed by atoms with E-state index in [2.05, 4.69) is 94.9 Å². The predicted molar refractivity (Wildman–Crippen MR) is 154 cm³/mol. The monoisotopic (exact) mass is 486 g/mol. The first-order valence-corrected chi connectivity index (χ1v) is 12.5. The molecule has 0 spiro atoms. The van der Waals surface area contributed by atoms with Crippen LogP contribution in [0.2, 0.25) is 0 Å². The highest BCUT2D eigenvalue weighted by atomic mass is 14.8. The van der Waals surface area contributed by atoms with Gasteiger partial charge in [-0.05, 0) is 65.2 Å². The maximum Gasteiger partial charge on any atom is 0.0893 e. The second kappa shape index (κ2) is 9.34. The number of pyridine rings is 4. The average Bonchev–Trinajstić information content (AvgIpc) is 3.01. The number of benzene rings is 3. The first-order chi connectivity index (χ1) is 18.8. The Morgan fingerprint density at radius 1 is 0.395 bits per heavy atom. The second-order valence-electron chi connectivity index (χ2n) is 9.25. The molecule has 0 radical (unpaired) electrons. The van der Waals surface area contributed by atoms with Gasteiger partial charge < -0.3 is 0 Å². The Bertz CT molecular complexity index is 1920. The van der Waals surface area contributed by atoms with Crippen LogP contribution in [0.3, 0.4) is 0 Å². The Balaban J connectivity index is 1.27. The Morgan fingerprint density at radius 2 is 1.05 bits per heavy atom. The summed E-state index contributed by atoms with van der Waals surface area (Å²) in [6.45, 7) is 0. The van der Waals surface area contributed by atoms with Gasteiger partial charge in [0, 0.05) is 40.5 Å². The highest BCUT2D eigenvalue weighted by Crippen LogP contribution is 2.30. The van der Waals surface area contributed by atoms with Gasteiger partial charge in [0.15, 0.2) is 0 Å². The largest absolute Gasteiger partial charge is 0.264 e. The molecule has 0 saturated heterocycles. The van der Waals surface area contributed by atoms with Crippen molar-refractivity contribution in [1.82, 2.24) is 19.9 Å². The molecular weight excluding hydrogens is 464 g/mol. The number of hydrogen-bond donors (Lipinski definition) is 0. The van der Waals surface area contributed by atoms with E-state index in [9.17, 15) is 0 Å². The van der Waals surface area contributed by atoms with Crippen molar-refractivity contribution >= 4 is 21.8 Å². The highest BCUT2D eigenvalue weighted by Gasteiger charge is 2.08. The lowest BCUT2D eigenvalue weighted by atomic mass is 9.99. The standard InChI is InChI=1S/C34H22N4/c1-2-18-36-31(8-1)32-16-14-24-10-12-28(21-34(24)38-32)30-15-13-23-9-11-27(20-33(23)37-30)25-5-3-6-26(19-25)29-7-4-17-35-22-29/h1-22H. The summed E-state index contributed by atoms with van der Waals surface area (Å²) in [6, 6.07) is 39.6. The van der Waals surface area contributed by atoms with Crippen LogP contribution in [0.25, 0.3) is 66.7 Å². The van der Waals surface area contributed by atoms with Crippen molar-refractivity contribution in [3.63, 3.8) is 0 Å². The van der Waals surface area contributed by atoms with Crippen molar-refractivity contribution < 1.29 is 0 Å². The molecule has 7 rings (SSSR count). The predicted octanol–water partition coefficient (Wildman–Crippen LogP) is 8.24. The van der Waals surface area contributed by atoms with E-state index < -0.39 is 0 Å². The molecule has 0 bridgehead atoms. The van der Waals surface area contributed by atoms with E-state index in [1.165, 1.54) is 0 Å². The third kappa shape index (κ3) is 4.18. The summed E-state index contributed by atoms with van der Waals surface area (Å²) < 4.78 is 0. The molecule has 0 unspecified atom stereocenters. The first kappa shape index (κ1) is 22.0. The minimum atomic E-state index is 0.861. The Kier molecular flexibility index (Phi) is 5.41. The minimum absolute atomic E-state index is 0.861. The van der Waals surface area contributed by atoms with Gasteiger partial charge in [0.2, 0.25) is 0 Å². The van der Waals surface area contributed by atoms with E-state index in [0.717, 1.165) is 66.7 Å². The Morgan fingerprint density at radius 3 is 1.82 bits per heavy atom. The van der Waals surface area contributed by atoms with Crippen LogP contribution < -0.4 is 0 Å². The molecule has 178 valence electrons. The lowest BCUT2D eigenvalue weighted by Crippen LogP contribution is -1.90. The second-order valence-corrected chi connectivity index (χ2v) is 9.25. The van der Waals surface area contributed by atoms with E-state index in [4.69, 9.17) is 9.97 Å². The van der Waals surface area contributed by atoms with Crippen LogP contribution in [0, 0.1) is 0 Å². The zero-order valence-corrected chi connectivity index (χ0v) is 20.5. The number of nitrogens with zero attached hydrogens (tertiary/aromatic N) is 4. The van der Waals surface area contributed by atoms with Gasteiger partial charge in [-0.1, -0.05) is 66.7 Å². The Labute approximate surface area is 220 Å². The van der Waals surface area contributed by atoms with Gasteiger partial charge in [0.1, 0.15) is 0 Å². The van der Waals surface area contributed by atoms with Crippen LogP contribution in [0.15, 0.2) is 134 Å². The van der Waals surface area contributed by atoms with Crippen molar-refractivity contribution in [3.8, 4) is 44.9 Å². The lowest BCUT2D eigenvalue weighted by molar-refractivity contribution is 1.28. The molecule has 38 heavy (non-hydrogen) atoms. The lowest BCUT2D eigenvalue weighted by Gasteiger charge is -2.09. The van der Waals surface area contributed by atoms with Crippen molar-refractivity contribution in [2.75, 3.05) is 0 Å². The van der Waals surface area contributed by atoms with Gasteiger partial charge in [-0.2, -0.15) is 0 Å². The summed E-state index contributed by atoms with van der Waals surface area (Å²) in [6.07, 6.45) is 5.48. The summed E-state index contributed by atoms with van der Waals surface area (Å²) in [7, 11) is 0. The fraction of sp³-hybridized carbons (Fsp3) is 0. The van der Waals surface area contributed by atoms with Crippen molar-refractivity contribution in [3.05, 3.63) is 134 Å². The van der Waals surface area contributed by atoms with E-state index in [0.29, 0.717) is 0 Å². The van der Waals surface area contributed by atoms with Crippen LogP contribution in [0.1, 0.15) is 0 Å². The quantitative estimate of drug-likeness (QED) is 0.251. The molecule has 4 heterocycles. The van der Waals surface area contributed by atoms with E-state index in [1.54, 1.807) is 12.4 Å². The molecule has 4 nitrogen and oxygen atoms in total. The Hall–Kier alpha value is -5.22. The molecule has 0 fully saturated rings. The minimum Gasteiger partial charge on any atom is -0.264 e. The summed E-state index contributed by atoms with van der Waals surface area (Å²) in [5.74, 6) is 0. The number of fused-ring (bicyclic) bond motifs is 2. The van der Waals surface area contributed by atoms with Gasteiger partial charge >= 0.3 is 0 Å². The van der Waals surface area contributed by atoms with Crippen LogP contribution >= 0.6 is 0 Å². The molecule has 0 N–H and O–H groups in total. The average molecular weight is 487 g/mol. The third-order valence-corrected chi connectivity index (χ3v) is 6.80. The third-order valence-electron chi connectivity index (χ3n) is 6.80. The molecule has 4 aromatic heterocycles. The van der Waals surface area contributed by atoms with Gasteiger partial charge in [0.25, 0.3) is 0 Å². The zero-order valence-electron chi connectivity index (χ0n) is 20.5. The summed E-state index contributed by atoms with van der Waals surface area (Å²) in [5, 5.41) is 2.20. The maximum atomic E-state index is 5.05. The molecular formula is C34H22N4. The smallest absolute Gasteiger partial charge is 0.0893 e. The number of aromatic nitrogens is 4. The zero-order chi connectivity index (χ0) is 25.3. The molecule has 0 amide bonds. The molecule has 0 aliphatic heterocycles. The molecule has 4 heteroatoms. The van der Waals surface area contributed by atoms with Crippen LogP contribution in [0.4, 0.5) is 0 Å². The van der Waals surface area contributed by atoms with Crippen LogP contribution in [0.5, 0.6) is 0 Å². The topological polar surface area (TPSA) is 51.6 Å². The van der Waals surface area contributed by atoms with Gasteiger partial charge in [-0.25, -0.2) is 9.97 Å². The maximum absolute atomic E-state index is 5.05. The fourth-order valence-electron chi connectivity index (χ4n) is 4.80. The molecule has 7 aromatic rings. The van der Waals surface area contributed by atoms with E-state index in [1.807, 2.05) is 36.5 Å². The normalized spacial score (nSPS) is 11.2. The fourth-order valence-corrected chi connectivity index (χ4v) is 4.80. The number of rotatable bonds is 4. The molecule has 3 aromatic carbocycles. The van der Waals surface area contributed by atoms with Crippen LogP contribution in [-0.4, -0.2) is 19.9 Å². The van der Waals surface area contributed by atoms with Gasteiger partial charge in [0.05, 0.1) is 28.1 Å². The van der Waals surface area contributed by atoms with E-state index >= 15 is 0 Å². The van der Waals surface area contributed by atoms with Crippen molar-refractivity contribution in [2.24, 2.45) is 0 Å². The summed E-state index contributed by atoms with van der Waals surface area (Å²) >= 11 is 0. The van der Waals surface area contributed by atoms with Gasteiger partial charge in [-0.15, -0.1) is 0 Å². The van der Waals surface area contributed by atoms with Gasteiger partial charge in [-0.3, -0.25) is 9.97 Å². The molecule has 0 atom stereocenters. The van der Waals surface area contributed by atoms with Crippen molar-refractivity contribution in [1.29, 1.82) is 0 Å². The van der Waals surface area contributed by atoms with Crippen molar-refractivity contribution in [2.45, 2.75) is 0 Å². The molecule has 0 saturated carbocycles. The molecule has 0 aliphatic carbocycles. The summed E-state index contributed by atoms with van der Waals surface area (Å²) in [5.41, 5.74) is 10.1. The van der Waals surface area contributed by atoms with Crippen LogP contribution in [-0.2, 0) is 0 Å².